The van der Waals surface area contributed by atoms with Crippen molar-refractivity contribution < 1.29 is 4.79 Å². The van der Waals surface area contributed by atoms with Crippen LogP contribution in [0, 0.1) is 5.92 Å². The van der Waals surface area contributed by atoms with E-state index < -0.39 is 0 Å². The number of carbonyl (C=O) groups is 1. The van der Waals surface area contributed by atoms with Gasteiger partial charge in [0.25, 0.3) is 0 Å². The SMILES string of the molecule is CC(C)Cn1cc(C=O)c(-c2cc(Cl)ccc2Cl)n1. The van der Waals surface area contributed by atoms with Crippen LogP contribution in [0.3, 0.4) is 0 Å². The lowest BCUT2D eigenvalue weighted by Gasteiger charge is -2.04. The molecule has 0 atom stereocenters. The first-order chi connectivity index (χ1) is 9.01. The molecule has 100 valence electrons. The number of halogens is 2. The average molecular weight is 297 g/mol. The van der Waals surface area contributed by atoms with Crippen molar-refractivity contribution in [2.75, 3.05) is 0 Å². The standard InChI is InChI=1S/C14H14Cl2N2O/c1-9(2)6-18-7-10(8-19)14(17-18)12-5-11(15)3-4-13(12)16/h3-5,7-9H,6H2,1-2H3. The van der Waals surface area contributed by atoms with Crippen LogP contribution >= 0.6 is 23.2 Å². The van der Waals surface area contributed by atoms with Crippen molar-refractivity contribution in [3.05, 3.63) is 40.0 Å². The van der Waals surface area contributed by atoms with Crippen molar-refractivity contribution in [2.45, 2.75) is 20.4 Å². The Morgan fingerprint density at radius 3 is 2.74 bits per heavy atom. The molecule has 0 aliphatic rings. The van der Waals surface area contributed by atoms with Crippen LogP contribution in [0.15, 0.2) is 24.4 Å². The Bertz CT molecular complexity index is 605. The molecule has 0 radical (unpaired) electrons. The molecule has 3 nitrogen and oxygen atoms in total. The van der Waals surface area contributed by atoms with E-state index in [0.717, 1.165) is 12.8 Å². The van der Waals surface area contributed by atoms with E-state index in [-0.39, 0.29) is 0 Å². The van der Waals surface area contributed by atoms with Gasteiger partial charge in [-0.2, -0.15) is 5.10 Å². The summed E-state index contributed by atoms with van der Waals surface area (Å²) in [5.41, 5.74) is 1.77. The van der Waals surface area contributed by atoms with Gasteiger partial charge < -0.3 is 0 Å². The summed E-state index contributed by atoms with van der Waals surface area (Å²) in [4.78, 5) is 11.2. The molecule has 0 unspecified atom stereocenters. The van der Waals surface area contributed by atoms with Crippen LogP contribution in [-0.4, -0.2) is 16.1 Å². The minimum Gasteiger partial charge on any atom is -0.298 e. The fraction of sp³-hybridized carbons (Fsp3) is 0.286. The number of benzene rings is 1. The normalized spacial score (nSPS) is 11.0. The summed E-state index contributed by atoms with van der Waals surface area (Å²) >= 11 is 12.1. The third-order valence-corrected chi connectivity index (χ3v) is 3.22. The van der Waals surface area contributed by atoms with Crippen LogP contribution < -0.4 is 0 Å². The first-order valence-corrected chi connectivity index (χ1v) is 6.75. The highest BCUT2D eigenvalue weighted by atomic mass is 35.5. The third-order valence-electron chi connectivity index (χ3n) is 2.65. The molecule has 2 aromatic rings. The molecule has 0 saturated heterocycles. The zero-order chi connectivity index (χ0) is 14.0. The molecule has 0 bridgehead atoms. The summed E-state index contributed by atoms with van der Waals surface area (Å²) in [7, 11) is 0. The van der Waals surface area contributed by atoms with E-state index in [0.29, 0.717) is 32.8 Å². The van der Waals surface area contributed by atoms with Crippen molar-refractivity contribution in [3.63, 3.8) is 0 Å². The molecule has 0 fully saturated rings. The minimum absolute atomic E-state index is 0.446. The van der Waals surface area contributed by atoms with Crippen molar-refractivity contribution in [3.8, 4) is 11.3 Å². The zero-order valence-electron chi connectivity index (χ0n) is 10.7. The third kappa shape index (κ3) is 3.17. The predicted molar refractivity (Wildman–Crippen MR) is 77.9 cm³/mol. The van der Waals surface area contributed by atoms with Crippen molar-refractivity contribution >= 4 is 29.5 Å². The summed E-state index contributed by atoms with van der Waals surface area (Å²) in [5, 5.41) is 5.53. The highest BCUT2D eigenvalue weighted by molar-refractivity contribution is 6.35. The molecule has 1 heterocycles. The number of carbonyl (C=O) groups excluding carboxylic acids is 1. The fourth-order valence-electron chi connectivity index (χ4n) is 1.88. The smallest absolute Gasteiger partial charge is 0.153 e. The van der Waals surface area contributed by atoms with Gasteiger partial charge in [-0.15, -0.1) is 0 Å². The predicted octanol–water partition coefficient (Wildman–Crippen LogP) is 4.33. The number of aromatic nitrogens is 2. The van der Waals surface area contributed by atoms with Crippen molar-refractivity contribution in [1.29, 1.82) is 0 Å². The monoisotopic (exact) mass is 296 g/mol. The van der Waals surface area contributed by atoms with Crippen LogP contribution in [0.5, 0.6) is 0 Å². The fourth-order valence-corrected chi connectivity index (χ4v) is 2.26. The summed E-state index contributed by atoms with van der Waals surface area (Å²) in [6.07, 6.45) is 2.52. The Morgan fingerprint density at radius 1 is 1.37 bits per heavy atom. The van der Waals surface area contributed by atoms with Gasteiger partial charge in [0.15, 0.2) is 6.29 Å². The quantitative estimate of drug-likeness (QED) is 0.787. The van der Waals surface area contributed by atoms with Crippen molar-refractivity contribution in [2.24, 2.45) is 5.92 Å². The summed E-state index contributed by atoms with van der Waals surface area (Å²) in [5.74, 6) is 0.446. The largest absolute Gasteiger partial charge is 0.298 e. The van der Waals surface area contributed by atoms with Crippen LogP contribution in [-0.2, 0) is 6.54 Å². The van der Waals surface area contributed by atoms with Gasteiger partial charge in [-0.25, -0.2) is 0 Å². The van der Waals surface area contributed by atoms with Gasteiger partial charge >= 0.3 is 0 Å². The van der Waals surface area contributed by atoms with Crippen LogP contribution in [0.25, 0.3) is 11.3 Å². The van der Waals surface area contributed by atoms with Crippen molar-refractivity contribution in [1.82, 2.24) is 9.78 Å². The van der Waals surface area contributed by atoms with Gasteiger partial charge in [0.05, 0.1) is 10.6 Å². The molecule has 5 heteroatoms. The lowest BCUT2D eigenvalue weighted by atomic mass is 10.1. The number of aldehydes is 1. The minimum atomic E-state index is 0.446. The highest BCUT2D eigenvalue weighted by Crippen LogP contribution is 2.31. The van der Waals surface area contributed by atoms with E-state index in [1.165, 1.54) is 0 Å². The van der Waals surface area contributed by atoms with E-state index in [4.69, 9.17) is 23.2 Å². The number of hydrogen-bond acceptors (Lipinski definition) is 2. The van der Waals surface area contributed by atoms with E-state index >= 15 is 0 Å². The van der Waals surface area contributed by atoms with Crippen LogP contribution in [0.2, 0.25) is 10.0 Å². The van der Waals surface area contributed by atoms with Crippen LogP contribution in [0.4, 0.5) is 0 Å². The zero-order valence-corrected chi connectivity index (χ0v) is 12.2. The molecule has 0 aliphatic heterocycles. The lowest BCUT2D eigenvalue weighted by Crippen LogP contribution is -2.04. The molecular weight excluding hydrogens is 283 g/mol. The maximum Gasteiger partial charge on any atom is 0.153 e. The molecule has 0 aliphatic carbocycles. The molecule has 0 spiro atoms. The summed E-state index contributed by atoms with van der Waals surface area (Å²) in [6.45, 7) is 4.93. The molecular formula is C14H14Cl2N2O. The van der Waals surface area contributed by atoms with E-state index in [1.807, 2.05) is 0 Å². The average Bonchev–Trinajstić information content (AvgIpc) is 2.74. The maximum absolute atomic E-state index is 11.2. The topological polar surface area (TPSA) is 34.9 Å². The second-order valence-corrected chi connectivity index (χ2v) is 5.63. The van der Waals surface area contributed by atoms with Gasteiger partial charge in [0, 0.05) is 23.3 Å². The Hall–Kier alpha value is -1.32. The van der Waals surface area contributed by atoms with Gasteiger partial charge in [-0.05, 0) is 24.1 Å². The molecule has 1 aromatic carbocycles. The maximum atomic E-state index is 11.2. The first-order valence-electron chi connectivity index (χ1n) is 5.99. The molecule has 19 heavy (non-hydrogen) atoms. The number of hydrogen-bond donors (Lipinski definition) is 0. The lowest BCUT2D eigenvalue weighted by molar-refractivity contribution is 0.112. The number of rotatable bonds is 4. The van der Waals surface area contributed by atoms with Gasteiger partial charge in [0.1, 0.15) is 5.69 Å². The number of nitrogens with zero attached hydrogens (tertiary/aromatic N) is 2. The molecule has 2 rings (SSSR count). The van der Waals surface area contributed by atoms with Gasteiger partial charge in [-0.3, -0.25) is 9.48 Å². The second kappa shape index (κ2) is 5.76. The molecule has 0 amide bonds. The van der Waals surface area contributed by atoms with E-state index in [1.54, 1.807) is 29.1 Å². The Kier molecular flexibility index (Phi) is 4.27. The Morgan fingerprint density at radius 2 is 2.11 bits per heavy atom. The molecule has 0 N–H and O–H groups in total. The molecule has 1 aromatic heterocycles. The van der Waals surface area contributed by atoms with Gasteiger partial charge in [-0.1, -0.05) is 37.0 Å². The Labute approximate surface area is 122 Å². The van der Waals surface area contributed by atoms with Crippen LogP contribution in [0.1, 0.15) is 24.2 Å². The van der Waals surface area contributed by atoms with Gasteiger partial charge in [0.2, 0.25) is 0 Å². The summed E-state index contributed by atoms with van der Waals surface area (Å²) in [6, 6.07) is 5.13. The first kappa shape index (κ1) is 14.1. The second-order valence-electron chi connectivity index (χ2n) is 4.79. The highest BCUT2D eigenvalue weighted by Gasteiger charge is 2.14. The van der Waals surface area contributed by atoms with E-state index in [2.05, 4.69) is 18.9 Å². The molecule has 0 saturated carbocycles. The van der Waals surface area contributed by atoms with E-state index in [9.17, 15) is 4.79 Å². The summed E-state index contributed by atoms with van der Waals surface area (Å²) < 4.78 is 1.76. The Balaban J connectivity index is 2.51.